The standard InChI is InChI=1S/C18H12ClN3O2S/c1-10-9-22-16(20)14(17(23)21-18(22)25-10)8-13-6-7-15(24-13)11-2-4-12(19)5-3-11/h2-9,20H,1H3. The summed E-state index contributed by atoms with van der Waals surface area (Å²) in [5.41, 5.74) is 1.08. The number of amides is 1. The summed E-state index contributed by atoms with van der Waals surface area (Å²) in [5, 5.41) is 9.45. The summed E-state index contributed by atoms with van der Waals surface area (Å²) < 4.78 is 5.79. The predicted molar refractivity (Wildman–Crippen MR) is 100 cm³/mol. The van der Waals surface area contributed by atoms with Crippen LogP contribution >= 0.6 is 23.4 Å². The number of rotatable bonds is 2. The molecule has 25 heavy (non-hydrogen) atoms. The Morgan fingerprint density at radius 3 is 2.76 bits per heavy atom. The van der Waals surface area contributed by atoms with E-state index < -0.39 is 5.91 Å². The molecule has 0 spiro atoms. The van der Waals surface area contributed by atoms with E-state index in [2.05, 4.69) is 4.99 Å². The number of amidine groups is 2. The largest absolute Gasteiger partial charge is 0.457 e. The highest BCUT2D eigenvalue weighted by atomic mass is 35.5. The number of aliphatic imine (C=N–C) groups is 1. The van der Waals surface area contributed by atoms with Gasteiger partial charge in [0.1, 0.15) is 17.4 Å². The fourth-order valence-corrected chi connectivity index (χ4v) is 3.49. The minimum Gasteiger partial charge on any atom is -0.457 e. The molecule has 1 amide bonds. The van der Waals surface area contributed by atoms with E-state index in [4.69, 9.17) is 21.4 Å². The van der Waals surface area contributed by atoms with Gasteiger partial charge in [0.15, 0.2) is 5.17 Å². The van der Waals surface area contributed by atoms with Crippen molar-refractivity contribution >= 4 is 46.3 Å². The number of benzene rings is 1. The molecule has 0 fully saturated rings. The van der Waals surface area contributed by atoms with Crippen molar-refractivity contribution in [3.05, 3.63) is 63.9 Å². The van der Waals surface area contributed by atoms with Gasteiger partial charge in [-0.15, -0.1) is 0 Å². The molecule has 0 aliphatic carbocycles. The molecule has 3 heterocycles. The molecule has 2 aromatic rings. The lowest BCUT2D eigenvalue weighted by molar-refractivity contribution is -0.114. The minimum absolute atomic E-state index is 0.101. The Morgan fingerprint density at radius 2 is 2.00 bits per heavy atom. The molecule has 2 aliphatic rings. The van der Waals surface area contributed by atoms with Gasteiger partial charge in [-0.25, -0.2) is 0 Å². The third kappa shape index (κ3) is 2.94. The number of nitrogens with one attached hydrogen (secondary N) is 1. The van der Waals surface area contributed by atoms with Gasteiger partial charge in [0.05, 0.1) is 5.57 Å². The van der Waals surface area contributed by atoms with Gasteiger partial charge >= 0.3 is 0 Å². The van der Waals surface area contributed by atoms with Crippen LogP contribution in [0.5, 0.6) is 0 Å². The van der Waals surface area contributed by atoms with Crippen molar-refractivity contribution in [3.8, 4) is 11.3 Å². The van der Waals surface area contributed by atoms with Crippen LogP contribution in [0.1, 0.15) is 12.7 Å². The van der Waals surface area contributed by atoms with Crippen LogP contribution in [0.3, 0.4) is 0 Å². The quantitative estimate of drug-likeness (QED) is 0.774. The fraction of sp³-hybridized carbons (Fsp3) is 0.0556. The maximum Gasteiger partial charge on any atom is 0.283 e. The average Bonchev–Trinajstić information content (AvgIpc) is 3.18. The van der Waals surface area contributed by atoms with E-state index in [1.54, 1.807) is 35.4 Å². The molecule has 0 bridgehead atoms. The first-order chi connectivity index (χ1) is 12.0. The highest BCUT2D eigenvalue weighted by Gasteiger charge is 2.33. The number of allylic oxidation sites excluding steroid dienone is 1. The summed E-state index contributed by atoms with van der Waals surface area (Å²) >= 11 is 7.28. The summed E-state index contributed by atoms with van der Waals surface area (Å²) in [4.78, 5) is 18.9. The number of carbonyl (C=O) groups is 1. The highest BCUT2D eigenvalue weighted by Crippen LogP contribution is 2.33. The van der Waals surface area contributed by atoms with Crippen LogP contribution in [-0.4, -0.2) is 21.8 Å². The zero-order valence-corrected chi connectivity index (χ0v) is 14.7. The molecule has 2 aliphatic heterocycles. The average molecular weight is 370 g/mol. The van der Waals surface area contributed by atoms with Crippen LogP contribution in [-0.2, 0) is 4.79 Å². The molecule has 4 rings (SSSR count). The number of nitrogens with zero attached hydrogens (tertiary/aromatic N) is 2. The van der Waals surface area contributed by atoms with E-state index in [1.165, 1.54) is 11.8 Å². The summed E-state index contributed by atoms with van der Waals surface area (Å²) in [5.74, 6) is 0.819. The van der Waals surface area contributed by atoms with Gasteiger partial charge in [-0.3, -0.25) is 15.1 Å². The van der Waals surface area contributed by atoms with Gasteiger partial charge in [-0.1, -0.05) is 23.4 Å². The molecule has 0 saturated carbocycles. The van der Waals surface area contributed by atoms with Gasteiger partial charge in [0.2, 0.25) is 0 Å². The maximum atomic E-state index is 12.3. The fourth-order valence-electron chi connectivity index (χ4n) is 2.54. The second kappa shape index (κ2) is 6.06. The molecule has 1 aromatic heterocycles. The van der Waals surface area contributed by atoms with Crippen molar-refractivity contribution in [2.75, 3.05) is 0 Å². The second-order valence-electron chi connectivity index (χ2n) is 5.53. The molecule has 5 nitrogen and oxygen atoms in total. The van der Waals surface area contributed by atoms with Crippen molar-refractivity contribution in [1.29, 1.82) is 5.41 Å². The number of hydrogen-bond donors (Lipinski definition) is 1. The minimum atomic E-state index is -0.434. The molecule has 0 unspecified atom stereocenters. The highest BCUT2D eigenvalue weighted by molar-refractivity contribution is 8.17. The van der Waals surface area contributed by atoms with Gasteiger partial charge in [0.25, 0.3) is 5.91 Å². The summed E-state index contributed by atoms with van der Waals surface area (Å²) in [6.45, 7) is 1.91. The normalized spacial score (nSPS) is 18.5. The van der Waals surface area contributed by atoms with Gasteiger partial charge in [-0.05, 0) is 49.4 Å². The zero-order chi connectivity index (χ0) is 17.6. The lowest BCUT2D eigenvalue weighted by Gasteiger charge is -2.21. The lowest BCUT2D eigenvalue weighted by atomic mass is 10.1. The van der Waals surface area contributed by atoms with Gasteiger partial charge in [-0.2, -0.15) is 4.99 Å². The summed E-state index contributed by atoms with van der Waals surface area (Å²) in [6.07, 6.45) is 3.35. The van der Waals surface area contributed by atoms with Gasteiger partial charge in [0, 0.05) is 21.7 Å². The Balaban J connectivity index is 1.66. The molecular weight excluding hydrogens is 358 g/mol. The number of furan rings is 1. The van der Waals surface area contributed by atoms with Crippen LogP contribution in [0.4, 0.5) is 0 Å². The van der Waals surface area contributed by atoms with E-state index in [1.807, 2.05) is 25.1 Å². The topological polar surface area (TPSA) is 69.7 Å². The third-order valence-corrected chi connectivity index (χ3v) is 4.88. The van der Waals surface area contributed by atoms with Crippen molar-refractivity contribution in [2.24, 2.45) is 4.99 Å². The number of halogens is 1. The van der Waals surface area contributed by atoms with Gasteiger partial charge < -0.3 is 4.42 Å². The Labute approximate surface area is 153 Å². The zero-order valence-electron chi connectivity index (χ0n) is 13.1. The molecule has 7 heteroatoms. The summed E-state index contributed by atoms with van der Waals surface area (Å²) in [7, 11) is 0. The second-order valence-corrected chi connectivity index (χ2v) is 7.18. The van der Waals surface area contributed by atoms with E-state index in [9.17, 15) is 4.79 Å². The number of carbonyl (C=O) groups excluding carboxylic acids is 1. The SMILES string of the molecule is CC1=CN2C(=N)C(=Cc3ccc(-c4ccc(Cl)cc4)o3)C(=O)N=C2S1. The van der Waals surface area contributed by atoms with Crippen LogP contribution in [0.2, 0.25) is 5.02 Å². The number of fused-ring (bicyclic) bond motifs is 1. The van der Waals surface area contributed by atoms with E-state index >= 15 is 0 Å². The Kier molecular flexibility index (Phi) is 3.86. The Bertz CT molecular complexity index is 986. The Hall–Kier alpha value is -2.57. The summed E-state index contributed by atoms with van der Waals surface area (Å²) in [6, 6.07) is 10.9. The van der Waals surface area contributed by atoms with Crippen molar-refractivity contribution in [2.45, 2.75) is 6.92 Å². The molecule has 0 radical (unpaired) electrons. The van der Waals surface area contributed by atoms with Crippen LogP contribution in [0.15, 0.2) is 62.5 Å². The first kappa shape index (κ1) is 15.9. The van der Waals surface area contributed by atoms with Crippen molar-refractivity contribution < 1.29 is 9.21 Å². The monoisotopic (exact) mass is 369 g/mol. The van der Waals surface area contributed by atoms with E-state index in [-0.39, 0.29) is 11.4 Å². The number of thioether (sulfide) groups is 1. The van der Waals surface area contributed by atoms with E-state index in [0.717, 1.165) is 10.5 Å². The van der Waals surface area contributed by atoms with Crippen molar-refractivity contribution in [3.63, 3.8) is 0 Å². The molecule has 1 N–H and O–H groups in total. The van der Waals surface area contributed by atoms with Crippen LogP contribution in [0, 0.1) is 5.41 Å². The van der Waals surface area contributed by atoms with Crippen LogP contribution < -0.4 is 0 Å². The molecular formula is C18H12ClN3O2S. The molecule has 0 atom stereocenters. The van der Waals surface area contributed by atoms with Crippen LogP contribution in [0.25, 0.3) is 17.4 Å². The van der Waals surface area contributed by atoms with Crippen molar-refractivity contribution in [1.82, 2.24) is 4.90 Å². The number of hydrogen-bond acceptors (Lipinski definition) is 4. The Morgan fingerprint density at radius 1 is 1.24 bits per heavy atom. The molecule has 1 aromatic carbocycles. The third-order valence-electron chi connectivity index (χ3n) is 3.73. The first-order valence-corrected chi connectivity index (χ1v) is 8.65. The predicted octanol–water partition coefficient (Wildman–Crippen LogP) is 4.77. The lowest BCUT2D eigenvalue weighted by Crippen LogP contribution is -2.35. The molecule has 124 valence electrons. The first-order valence-electron chi connectivity index (χ1n) is 7.46. The van der Waals surface area contributed by atoms with E-state index in [0.29, 0.717) is 21.7 Å². The smallest absolute Gasteiger partial charge is 0.283 e. The maximum absolute atomic E-state index is 12.3. The molecule has 0 saturated heterocycles.